The van der Waals surface area contributed by atoms with E-state index in [2.05, 4.69) is 43.6 Å². The van der Waals surface area contributed by atoms with Crippen LogP contribution in [0, 0.1) is 0 Å². The number of hydrogen-bond donors (Lipinski definition) is 1. The molecule has 3 rings (SSSR count). The molecule has 0 saturated carbocycles. The van der Waals surface area contributed by atoms with E-state index in [-0.39, 0.29) is 5.91 Å². The summed E-state index contributed by atoms with van der Waals surface area (Å²) in [5, 5.41) is 12.4. The van der Waals surface area contributed by atoms with Gasteiger partial charge in [0.2, 0.25) is 5.13 Å². The van der Waals surface area contributed by atoms with Crippen LogP contribution in [0.3, 0.4) is 0 Å². The minimum atomic E-state index is -0.191. The number of anilines is 1. The van der Waals surface area contributed by atoms with Crippen LogP contribution in [0.4, 0.5) is 5.13 Å². The Morgan fingerprint density at radius 2 is 1.74 bits per heavy atom. The number of nitrogens with one attached hydrogen (secondary N) is 1. The summed E-state index contributed by atoms with van der Waals surface area (Å²) >= 11 is 4.78. The first-order valence-corrected chi connectivity index (χ1v) is 8.75. The summed E-state index contributed by atoms with van der Waals surface area (Å²) in [4.78, 5) is 12.2. The van der Waals surface area contributed by atoms with Crippen molar-refractivity contribution >= 4 is 38.3 Å². The van der Waals surface area contributed by atoms with Crippen LogP contribution in [0.5, 0.6) is 0 Å². The van der Waals surface area contributed by atoms with Crippen LogP contribution in [-0.4, -0.2) is 16.1 Å². The molecule has 6 heteroatoms. The third kappa shape index (κ3) is 4.24. The first kappa shape index (κ1) is 15.8. The summed E-state index contributed by atoms with van der Waals surface area (Å²) in [6, 6.07) is 17.5. The number of carbonyl (C=O) groups excluding carboxylic acids is 1. The van der Waals surface area contributed by atoms with Gasteiger partial charge in [-0.2, -0.15) is 0 Å². The maximum atomic E-state index is 12.2. The first-order valence-electron chi connectivity index (χ1n) is 7.14. The lowest BCUT2D eigenvalue weighted by atomic mass is 10.1. The van der Waals surface area contributed by atoms with E-state index in [0.717, 1.165) is 22.3 Å². The molecule has 1 N–H and O–H groups in total. The van der Waals surface area contributed by atoms with E-state index in [4.69, 9.17) is 0 Å². The Morgan fingerprint density at radius 3 is 2.52 bits per heavy atom. The van der Waals surface area contributed by atoms with Crippen molar-refractivity contribution in [3.8, 4) is 0 Å². The Hall–Kier alpha value is -2.05. The summed E-state index contributed by atoms with van der Waals surface area (Å²) in [5.41, 5.74) is 1.84. The molecule has 0 bridgehead atoms. The highest BCUT2D eigenvalue weighted by molar-refractivity contribution is 9.10. The number of aryl methyl sites for hydroxylation is 2. The topological polar surface area (TPSA) is 54.9 Å². The predicted molar refractivity (Wildman–Crippen MR) is 95.9 cm³/mol. The predicted octanol–water partition coefficient (Wildman–Crippen LogP) is 4.34. The highest BCUT2D eigenvalue weighted by Gasteiger charge is 2.12. The Labute approximate surface area is 146 Å². The van der Waals surface area contributed by atoms with Gasteiger partial charge in [0, 0.05) is 10.9 Å². The maximum absolute atomic E-state index is 12.2. The van der Waals surface area contributed by atoms with Gasteiger partial charge in [-0.1, -0.05) is 53.8 Å². The molecule has 1 amide bonds. The van der Waals surface area contributed by atoms with Gasteiger partial charge in [0.05, 0.1) is 5.56 Å². The fraction of sp³-hybridized carbons (Fsp3) is 0.118. The van der Waals surface area contributed by atoms with Gasteiger partial charge in [-0.25, -0.2) is 0 Å². The van der Waals surface area contributed by atoms with E-state index in [0.29, 0.717) is 10.7 Å². The third-order valence-electron chi connectivity index (χ3n) is 3.28. The van der Waals surface area contributed by atoms with E-state index in [1.807, 2.05) is 36.4 Å². The van der Waals surface area contributed by atoms with Gasteiger partial charge in [-0.15, -0.1) is 10.2 Å². The minimum absolute atomic E-state index is 0.191. The van der Waals surface area contributed by atoms with Gasteiger partial charge in [0.15, 0.2) is 0 Å². The molecule has 0 unspecified atom stereocenters. The largest absolute Gasteiger partial charge is 0.296 e. The lowest BCUT2D eigenvalue weighted by molar-refractivity contribution is 0.102. The number of rotatable bonds is 5. The Morgan fingerprint density at radius 1 is 1.00 bits per heavy atom. The number of halogens is 1. The quantitative estimate of drug-likeness (QED) is 0.708. The molecular formula is C17H14BrN3OS. The van der Waals surface area contributed by atoms with Crippen LogP contribution >= 0.6 is 27.3 Å². The lowest BCUT2D eigenvalue weighted by Crippen LogP contribution is -2.12. The molecule has 4 nitrogen and oxygen atoms in total. The summed E-state index contributed by atoms with van der Waals surface area (Å²) in [5.74, 6) is -0.191. The average molecular weight is 388 g/mol. The molecule has 0 fully saturated rings. The Bertz CT molecular complexity index is 804. The highest BCUT2D eigenvalue weighted by atomic mass is 79.9. The number of benzene rings is 2. The molecule has 116 valence electrons. The van der Waals surface area contributed by atoms with Crippen molar-refractivity contribution in [3.63, 3.8) is 0 Å². The first-order chi connectivity index (χ1) is 11.2. The van der Waals surface area contributed by atoms with E-state index in [9.17, 15) is 4.79 Å². The Kier molecular flexibility index (Phi) is 5.15. The van der Waals surface area contributed by atoms with Crippen molar-refractivity contribution in [1.29, 1.82) is 0 Å². The Balaban J connectivity index is 1.61. The molecule has 0 saturated heterocycles. The minimum Gasteiger partial charge on any atom is -0.296 e. The number of amides is 1. The number of carbonyl (C=O) groups is 1. The fourth-order valence-corrected chi connectivity index (χ4v) is 3.31. The van der Waals surface area contributed by atoms with E-state index < -0.39 is 0 Å². The van der Waals surface area contributed by atoms with E-state index >= 15 is 0 Å². The molecule has 0 atom stereocenters. The molecule has 1 heterocycles. The summed E-state index contributed by atoms with van der Waals surface area (Å²) < 4.78 is 0.756. The number of hydrogen-bond acceptors (Lipinski definition) is 4. The van der Waals surface area contributed by atoms with Crippen LogP contribution in [0.2, 0.25) is 0 Å². The normalized spacial score (nSPS) is 10.5. The number of aromatic nitrogens is 2. The van der Waals surface area contributed by atoms with Gasteiger partial charge in [0.25, 0.3) is 5.91 Å². The summed E-state index contributed by atoms with van der Waals surface area (Å²) in [6.45, 7) is 0. The zero-order valence-electron chi connectivity index (χ0n) is 12.2. The molecule has 0 aliphatic carbocycles. The second-order valence-corrected chi connectivity index (χ2v) is 6.84. The van der Waals surface area contributed by atoms with Gasteiger partial charge in [-0.3, -0.25) is 10.1 Å². The van der Waals surface area contributed by atoms with Crippen LogP contribution in [-0.2, 0) is 12.8 Å². The molecular weight excluding hydrogens is 374 g/mol. The van der Waals surface area contributed by atoms with Crippen LogP contribution in [0.15, 0.2) is 59.1 Å². The monoisotopic (exact) mass is 387 g/mol. The van der Waals surface area contributed by atoms with Crippen molar-refractivity contribution in [3.05, 3.63) is 75.2 Å². The third-order valence-corrected chi connectivity index (χ3v) is 4.87. The molecule has 0 radical (unpaired) electrons. The maximum Gasteiger partial charge on any atom is 0.258 e. The van der Waals surface area contributed by atoms with Crippen LogP contribution < -0.4 is 5.32 Å². The van der Waals surface area contributed by atoms with Gasteiger partial charge in [0.1, 0.15) is 5.01 Å². The fourth-order valence-electron chi connectivity index (χ4n) is 2.11. The molecule has 23 heavy (non-hydrogen) atoms. The lowest BCUT2D eigenvalue weighted by Gasteiger charge is -2.02. The van der Waals surface area contributed by atoms with E-state index in [1.165, 1.54) is 16.9 Å². The molecule has 0 aliphatic heterocycles. The highest BCUT2D eigenvalue weighted by Crippen LogP contribution is 2.21. The number of nitrogens with zero attached hydrogens (tertiary/aromatic N) is 2. The van der Waals surface area contributed by atoms with Gasteiger partial charge < -0.3 is 0 Å². The van der Waals surface area contributed by atoms with Crippen LogP contribution in [0.1, 0.15) is 20.9 Å². The summed E-state index contributed by atoms with van der Waals surface area (Å²) in [7, 11) is 0. The smallest absolute Gasteiger partial charge is 0.258 e. The van der Waals surface area contributed by atoms with Crippen molar-refractivity contribution in [1.82, 2.24) is 10.2 Å². The van der Waals surface area contributed by atoms with Crippen LogP contribution in [0.25, 0.3) is 0 Å². The molecule has 0 spiro atoms. The molecule has 3 aromatic rings. The van der Waals surface area contributed by atoms with E-state index in [1.54, 1.807) is 6.07 Å². The average Bonchev–Trinajstić information content (AvgIpc) is 3.02. The van der Waals surface area contributed by atoms with Gasteiger partial charge >= 0.3 is 0 Å². The zero-order valence-corrected chi connectivity index (χ0v) is 14.6. The van der Waals surface area contributed by atoms with Crippen molar-refractivity contribution in [2.24, 2.45) is 0 Å². The van der Waals surface area contributed by atoms with Gasteiger partial charge in [-0.05, 0) is 40.0 Å². The van der Waals surface area contributed by atoms with Crippen molar-refractivity contribution < 1.29 is 4.79 Å². The summed E-state index contributed by atoms with van der Waals surface area (Å²) in [6.07, 6.45) is 1.72. The molecule has 0 aliphatic rings. The van der Waals surface area contributed by atoms with Crippen molar-refractivity contribution in [2.45, 2.75) is 12.8 Å². The standard InChI is InChI=1S/C17H14BrN3OS/c18-14-9-5-4-8-13(14)16(22)19-17-21-20-15(23-17)11-10-12-6-2-1-3-7-12/h1-9H,10-11H2,(H,19,21,22). The second kappa shape index (κ2) is 7.48. The molecule has 2 aromatic carbocycles. The zero-order chi connectivity index (χ0) is 16.1. The van der Waals surface area contributed by atoms with Crippen molar-refractivity contribution in [2.75, 3.05) is 5.32 Å². The SMILES string of the molecule is O=C(Nc1nnc(CCc2ccccc2)s1)c1ccccc1Br. The second-order valence-electron chi connectivity index (χ2n) is 4.92. The molecule has 1 aromatic heterocycles.